The fourth-order valence-corrected chi connectivity index (χ4v) is 2.61. The Morgan fingerprint density at radius 2 is 2.25 bits per heavy atom. The van der Waals surface area contributed by atoms with Crippen LogP contribution < -0.4 is 5.32 Å². The molecule has 3 rings (SSSR count). The van der Waals surface area contributed by atoms with Crippen molar-refractivity contribution in [2.75, 3.05) is 20.1 Å². The number of benzene rings is 1. The van der Waals surface area contributed by atoms with Gasteiger partial charge in [0.05, 0.1) is 6.54 Å². The van der Waals surface area contributed by atoms with Gasteiger partial charge in [0.2, 0.25) is 11.7 Å². The van der Waals surface area contributed by atoms with Crippen LogP contribution in [-0.4, -0.2) is 41.2 Å². The van der Waals surface area contributed by atoms with E-state index < -0.39 is 0 Å². The topological polar surface area (TPSA) is 54.2 Å². The first-order valence-electron chi connectivity index (χ1n) is 7.03. The van der Waals surface area contributed by atoms with Gasteiger partial charge in [-0.05, 0) is 32.5 Å². The maximum absolute atomic E-state index is 5.38. The SMILES string of the molecule is Cc1ccccc1-c1noc(CN(C)C2CCNC2)n1. The Kier molecular flexibility index (Phi) is 3.80. The highest BCUT2D eigenvalue weighted by atomic mass is 16.5. The van der Waals surface area contributed by atoms with E-state index in [-0.39, 0.29) is 0 Å². The standard InChI is InChI=1S/C15H20N4O/c1-11-5-3-4-6-13(11)15-17-14(20-18-15)10-19(2)12-7-8-16-9-12/h3-6,12,16H,7-10H2,1-2H3. The summed E-state index contributed by atoms with van der Waals surface area (Å²) in [5.41, 5.74) is 2.20. The molecule has 0 radical (unpaired) electrons. The smallest absolute Gasteiger partial charge is 0.241 e. The zero-order chi connectivity index (χ0) is 13.9. The first-order valence-corrected chi connectivity index (χ1v) is 7.03. The Morgan fingerprint density at radius 3 is 3.00 bits per heavy atom. The molecule has 0 spiro atoms. The number of nitrogens with one attached hydrogen (secondary N) is 1. The summed E-state index contributed by atoms with van der Waals surface area (Å²) in [6, 6.07) is 8.65. The molecule has 1 unspecified atom stereocenters. The second-order valence-electron chi connectivity index (χ2n) is 5.39. The molecule has 1 saturated heterocycles. The summed E-state index contributed by atoms with van der Waals surface area (Å²) in [6.45, 7) is 4.88. The number of hydrogen-bond acceptors (Lipinski definition) is 5. The molecule has 20 heavy (non-hydrogen) atoms. The summed E-state index contributed by atoms with van der Waals surface area (Å²) in [6.07, 6.45) is 1.18. The van der Waals surface area contributed by atoms with Gasteiger partial charge in [-0.1, -0.05) is 29.4 Å². The molecule has 1 aromatic heterocycles. The third kappa shape index (κ3) is 2.73. The van der Waals surface area contributed by atoms with Crippen molar-refractivity contribution in [3.63, 3.8) is 0 Å². The molecule has 1 N–H and O–H groups in total. The third-order valence-corrected chi connectivity index (χ3v) is 3.90. The molecule has 1 aromatic carbocycles. The second kappa shape index (κ2) is 5.73. The van der Waals surface area contributed by atoms with Crippen LogP contribution in [-0.2, 0) is 6.54 Å². The van der Waals surface area contributed by atoms with Crippen LogP contribution in [0.15, 0.2) is 28.8 Å². The minimum atomic E-state index is 0.559. The van der Waals surface area contributed by atoms with Crippen LogP contribution in [0.4, 0.5) is 0 Å². The molecule has 1 aliphatic heterocycles. The van der Waals surface area contributed by atoms with Gasteiger partial charge < -0.3 is 9.84 Å². The molecule has 1 fully saturated rings. The first-order chi connectivity index (χ1) is 9.74. The highest BCUT2D eigenvalue weighted by Crippen LogP contribution is 2.20. The molecular weight excluding hydrogens is 252 g/mol. The fraction of sp³-hybridized carbons (Fsp3) is 0.467. The van der Waals surface area contributed by atoms with E-state index in [1.165, 1.54) is 6.42 Å². The zero-order valence-electron chi connectivity index (χ0n) is 12.0. The van der Waals surface area contributed by atoms with Gasteiger partial charge in [-0.15, -0.1) is 0 Å². The second-order valence-corrected chi connectivity index (χ2v) is 5.39. The Morgan fingerprint density at radius 1 is 1.40 bits per heavy atom. The van der Waals surface area contributed by atoms with E-state index >= 15 is 0 Å². The van der Waals surface area contributed by atoms with Crippen LogP contribution in [0.2, 0.25) is 0 Å². The largest absolute Gasteiger partial charge is 0.338 e. The highest BCUT2D eigenvalue weighted by molar-refractivity contribution is 5.58. The predicted molar refractivity (Wildman–Crippen MR) is 77.2 cm³/mol. The number of aryl methyl sites for hydroxylation is 1. The van der Waals surface area contributed by atoms with E-state index in [2.05, 4.69) is 40.4 Å². The van der Waals surface area contributed by atoms with Crippen LogP contribution in [0.25, 0.3) is 11.4 Å². The maximum atomic E-state index is 5.38. The normalized spacial score (nSPS) is 18.9. The third-order valence-electron chi connectivity index (χ3n) is 3.90. The minimum Gasteiger partial charge on any atom is -0.338 e. The number of hydrogen-bond donors (Lipinski definition) is 1. The van der Waals surface area contributed by atoms with Gasteiger partial charge in [-0.25, -0.2) is 0 Å². The van der Waals surface area contributed by atoms with Crippen molar-refractivity contribution in [3.05, 3.63) is 35.7 Å². The summed E-state index contributed by atoms with van der Waals surface area (Å²) < 4.78 is 5.38. The molecule has 5 nitrogen and oxygen atoms in total. The summed E-state index contributed by atoms with van der Waals surface area (Å²) in [7, 11) is 2.11. The summed E-state index contributed by atoms with van der Waals surface area (Å²) in [4.78, 5) is 6.79. The number of likely N-dealkylation sites (N-methyl/N-ethyl adjacent to an activating group) is 1. The van der Waals surface area contributed by atoms with Gasteiger partial charge in [-0.3, -0.25) is 4.90 Å². The summed E-state index contributed by atoms with van der Waals surface area (Å²) >= 11 is 0. The lowest BCUT2D eigenvalue weighted by atomic mass is 10.1. The monoisotopic (exact) mass is 272 g/mol. The van der Waals surface area contributed by atoms with Crippen molar-refractivity contribution in [1.29, 1.82) is 0 Å². The van der Waals surface area contributed by atoms with E-state index in [0.29, 0.717) is 24.3 Å². The van der Waals surface area contributed by atoms with E-state index in [9.17, 15) is 0 Å². The molecule has 106 valence electrons. The van der Waals surface area contributed by atoms with E-state index in [4.69, 9.17) is 4.52 Å². The van der Waals surface area contributed by atoms with Gasteiger partial charge in [0.15, 0.2) is 0 Å². The van der Waals surface area contributed by atoms with Crippen molar-refractivity contribution in [3.8, 4) is 11.4 Å². The molecule has 2 heterocycles. The van der Waals surface area contributed by atoms with Gasteiger partial charge in [0.1, 0.15) is 0 Å². The van der Waals surface area contributed by atoms with Crippen molar-refractivity contribution >= 4 is 0 Å². The van der Waals surface area contributed by atoms with Crippen LogP contribution in [0.1, 0.15) is 17.9 Å². The Labute approximate surface area is 119 Å². The highest BCUT2D eigenvalue weighted by Gasteiger charge is 2.21. The van der Waals surface area contributed by atoms with E-state index in [1.54, 1.807) is 0 Å². The molecule has 0 bridgehead atoms. The minimum absolute atomic E-state index is 0.559. The van der Waals surface area contributed by atoms with Crippen molar-refractivity contribution < 1.29 is 4.52 Å². The quantitative estimate of drug-likeness (QED) is 0.920. The van der Waals surface area contributed by atoms with E-state index in [1.807, 2.05) is 18.2 Å². The van der Waals surface area contributed by atoms with Crippen molar-refractivity contribution in [2.45, 2.75) is 25.9 Å². The zero-order valence-corrected chi connectivity index (χ0v) is 12.0. The van der Waals surface area contributed by atoms with Crippen molar-refractivity contribution in [1.82, 2.24) is 20.4 Å². The van der Waals surface area contributed by atoms with E-state index in [0.717, 1.165) is 24.2 Å². The van der Waals surface area contributed by atoms with Crippen LogP contribution in [0, 0.1) is 6.92 Å². The number of rotatable bonds is 4. The maximum Gasteiger partial charge on any atom is 0.241 e. The molecule has 0 amide bonds. The van der Waals surface area contributed by atoms with Gasteiger partial charge in [-0.2, -0.15) is 4.98 Å². The van der Waals surface area contributed by atoms with Gasteiger partial charge in [0.25, 0.3) is 0 Å². The van der Waals surface area contributed by atoms with Gasteiger partial charge in [0, 0.05) is 18.2 Å². The lowest BCUT2D eigenvalue weighted by molar-refractivity contribution is 0.214. The van der Waals surface area contributed by atoms with Crippen LogP contribution >= 0.6 is 0 Å². The number of aromatic nitrogens is 2. The average molecular weight is 272 g/mol. The molecule has 5 heteroatoms. The molecule has 2 aromatic rings. The molecule has 1 aliphatic rings. The molecular formula is C15H20N4O. The molecule has 1 atom stereocenters. The van der Waals surface area contributed by atoms with Gasteiger partial charge >= 0.3 is 0 Å². The first kappa shape index (κ1) is 13.3. The van der Waals surface area contributed by atoms with Crippen LogP contribution in [0.5, 0.6) is 0 Å². The fourth-order valence-electron chi connectivity index (χ4n) is 2.61. The number of nitrogens with zero attached hydrogens (tertiary/aromatic N) is 3. The Hall–Kier alpha value is -1.72. The molecule has 0 aliphatic carbocycles. The average Bonchev–Trinajstić information content (AvgIpc) is 3.10. The summed E-state index contributed by atoms with van der Waals surface area (Å²) in [5, 5.41) is 7.47. The molecule has 0 saturated carbocycles. The lowest BCUT2D eigenvalue weighted by Gasteiger charge is -2.21. The Balaban J connectivity index is 1.72. The van der Waals surface area contributed by atoms with Crippen molar-refractivity contribution in [2.24, 2.45) is 0 Å². The van der Waals surface area contributed by atoms with Crippen LogP contribution in [0.3, 0.4) is 0 Å². The Bertz CT molecular complexity index is 575. The summed E-state index contributed by atoms with van der Waals surface area (Å²) in [5.74, 6) is 1.36. The predicted octanol–water partition coefficient (Wildman–Crippen LogP) is 1.84. The lowest BCUT2D eigenvalue weighted by Crippen LogP contribution is -2.32.